The van der Waals surface area contributed by atoms with Gasteiger partial charge in [-0.15, -0.1) is 0 Å². The largest absolute Gasteiger partial charge is 0.455 e. The molecule has 7 aromatic carbocycles. The maximum atomic E-state index is 6.54. The fourth-order valence-electron chi connectivity index (χ4n) is 6.41. The van der Waals surface area contributed by atoms with Gasteiger partial charge >= 0.3 is 0 Å². The van der Waals surface area contributed by atoms with E-state index in [0.29, 0.717) is 17.5 Å². The Bertz CT molecular complexity index is 2560. The van der Waals surface area contributed by atoms with E-state index in [1.54, 1.807) is 0 Å². The first kappa shape index (κ1) is 27.0. The molecule has 4 nitrogen and oxygen atoms in total. The smallest absolute Gasteiger partial charge is 0.164 e. The molecule has 0 saturated heterocycles. The molecule has 220 valence electrons. The standard InChI is InChI=1S/C43H27N3O/c1-4-13-28(14-5-1)31-19-12-20-32(25-31)42-44-41(30-17-8-3-9-18-30)45-43(46-42)33-23-24-39-37(26-33)38-27-36(29-15-6-2-7-16-29)34-21-10-11-22-35(34)40(38)47-39/h1-27H. The number of rotatable bonds is 5. The quantitative estimate of drug-likeness (QED) is 0.197. The predicted molar refractivity (Wildman–Crippen MR) is 192 cm³/mol. The molecule has 0 fully saturated rings. The van der Waals surface area contributed by atoms with Crippen molar-refractivity contribution in [2.45, 2.75) is 0 Å². The SMILES string of the molecule is c1ccc(-c2cccc(-c3nc(-c4ccccc4)nc(-c4ccc5oc6c7ccccc7c(-c7ccccc7)cc6c5c4)n3)c2)cc1. The minimum atomic E-state index is 0.610. The zero-order valence-electron chi connectivity index (χ0n) is 25.3. The molecule has 4 heteroatoms. The highest BCUT2D eigenvalue weighted by molar-refractivity contribution is 6.19. The van der Waals surface area contributed by atoms with Crippen LogP contribution in [-0.4, -0.2) is 15.0 Å². The van der Waals surface area contributed by atoms with Gasteiger partial charge in [-0.1, -0.05) is 133 Å². The molecule has 0 aliphatic carbocycles. The molecule has 0 spiro atoms. The third-order valence-electron chi connectivity index (χ3n) is 8.72. The van der Waals surface area contributed by atoms with E-state index in [2.05, 4.69) is 109 Å². The molecule has 0 saturated carbocycles. The highest BCUT2D eigenvalue weighted by Gasteiger charge is 2.18. The molecule has 0 unspecified atom stereocenters. The van der Waals surface area contributed by atoms with Gasteiger partial charge in [0.1, 0.15) is 11.2 Å². The molecule has 2 heterocycles. The Hall–Kier alpha value is -6.39. The number of benzene rings is 7. The molecule has 9 rings (SSSR count). The van der Waals surface area contributed by atoms with E-state index in [-0.39, 0.29) is 0 Å². The minimum Gasteiger partial charge on any atom is -0.455 e. The molecule has 0 bridgehead atoms. The summed E-state index contributed by atoms with van der Waals surface area (Å²) < 4.78 is 6.54. The van der Waals surface area contributed by atoms with Crippen LogP contribution >= 0.6 is 0 Å². The first-order valence-corrected chi connectivity index (χ1v) is 15.7. The fourth-order valence-corrected chi connectivity index (χ4v) is 6.41. The van der Waals surface area contributed by atoms with Gasteiger partial charge in [0.15, 0.2) is 17.5 Å². The average Bonchev–Trinajstić information content (AvgIpc) is 3.53. The van der Waals surface area contributed by atoms with Crippen molar-refractivity contribution in [1.29, 1.82) is 0 Å². The van der Waals surface area contributed by atoms with Gasteiger partial charge in [-0.3, -0.25) is 0 Å². The van der Waals surface area contributed by atoms with Gasteiger partial charge in [0, 0.05) is 32.8 Å². The second-order valence-corrected chi connectivity index (χ2v) is 11.6. The summed E-state index contributed by atoms with van der Waals surface area (Å²) in [6.45, 7) is 0. The van der Waals surface area contributed by atoms with Gasteiger partial charge < -0.3 is 4.42 Å². The zero-order chi connectivity index (χ0) is 31.2. The van der Waals surface area contributed by atoms with Gasteiger partial charge in [-0.25, -0.2) is 15.0 Å². The fraction of sp³-hybridized carbons (Fsp3) is 0. The van der Waals surface area contributed by atoms with Crippen molar-refractivity contribution >= 4 is 32.7 Å². The van der Waals surface area contributed by atoms with Crippen molar-refractivity contribution in [3.05, 3.63) is 164 Å². The van der Waals surface area contributed by atoms with Crippen LogP contribution in [0.5, 0.6) is 0 Å². The average molecular weight is 602 g/mol. The molecular weight excluding hydrogens is 574 g/mol. The van der Waals surface area contributed by atoms with E-state index in [1.165, 1.54) is 11.1 Å². The number of hydrogen-bond donors (Lipinski definition) is 0. The third kappa shape index (κ3) is 4.84. The summed E-state index contributed by atoms with van der Waals surface area (Å²) in [5.74, 6) is 1.87. The molecule has 0 radical (unpaired) electrons. The molecule has 47 heavy (non-hydrogen) atoms. The van der Waals surface area contributed by atoms with Gasteiger partial charge in [-0.05, 0) is 58.0 Å². The summed E-state index contributed by atoms with van der Waals surface area (Å²) in [5.41, 5.74) is 9.07. The van der Waals surface area contributed by atoms with Crippen molar-refractivity contribution in [3.63, 3.8) is 0 Å². The molecule has 0 aliphatic rings. The van der Waals surface area contributed by atoms with Crippen molar-refractivity contribution in [2.24, 2.45) is 0 Å². The Balaban J connectivity index is 1.25. The molecule has 0 amide bonds. The van der Waals surface area contributed by atoms with Crippen molar-refractivity contribution in [2.75, 3.05) is 0 Å². The normalized spacial score (nSPS) is 11.4. The van der Waals surface area contributed by atoms with Crippen molar-refractivity contribution in [1.82, 2.24) is 15.0 Å². The number of fused-ring (bicyclic) bond motifs is 5. The van der Waals surface area contributed by atoms with Crippen LogP contribution in [0.1, 0.15) is 0 Å². The van der Waals surface area contributed by atoms with E-state index in [9.17, 15) is 0 Å². The number of aromatic nitrogens is 3. The van der Waals surface area contributed by atoms with E-state index in [4.69, 9.17) is 19.4 Å². The van der Waals surface area contributed by atoms with Gasteiger partial charge in [0.25, 0.3) is 0 Å². The van der Waals surface area contributed by atoms with Gasteiger partial charge in [0.2, 0.25) is 0 Å². The lowest BCUT2D eigenvalue weighted by atomic mass is 9.95. The second-order valence-electron chi connectivity index (χ2n) is 11.6. The summed E-state index contributed by atoms with van der Waals surface area (Å²) in [7, 11) is 0. The van der Waals surface area contributed by atoms with Crippen LogP contribution in [-0.2, 0) is 0 Å². The molecule has 0 N–H and O–H groups in total. The summed E-state index contributed by atoms with van der Waals surface area (Å²) >= 11 is 0. The number of hydrogen-bond acceptors (Lipinski definition) is 4. The van der Waals surface area contributed by atoms with Gasteiger partial charge in [0.05, 0.1) is 0 Å². The first-order chi connectivity index (χ1) is 23.3. The summed E-state index contributed by atoms with van der Waals surface area (Å²) in [6.07, 6.45) is 0. The van der Waals surface area contributed by atoms with Crippen LogP contribution < -0.4 is 0 Å². The third-order valence-corrected chi connectivity index (χ3v) is 8.72. The van der Waals surface area contributed by atoms with Crippen LogP contribution in [0, 0.1) is 0 Å². The van der Waals surface area contributed by atoms with Crippen LogP contribution in [0.3, 0.4) is 0 Å². The lowest BCUT2D eigenvalue weighted by molar-refractivity contribution is 0.672. The van der Waals surface area contributed by atoms with E-state index in [1.807, 2.05) is 54.6 Å². The highest BCUT2D eigenvalue weighted by atomic mass is 16.3. The maximum absolute atomic E-state index is 6.54. The van der Waals surface area contributed by atoms with Crippen molar-refractivity contribution < 1.29 is 4.42 Å². The summed E-state index contributed by atoms with van der Waals surface area (Å²) in [5, 5.41) is 4.34. The molecule has 0 atom stereocenters. The van der Waals surface area contributed by atoms with E-state index >= 15 is 0 Å². The molecule has 2 aromatic heterocycles. The first-order valence-electron chi connectivity index (χ1n) is 15.7. The molecule has 0 aliphatic heterocycles. The number of nitrogens with zero attached hydrogens (tertiary/aromatic N) is 3. The second kappa shape index (κ2) is 11.2. The molecule has 9 aromatic rings. The highest BCUT2D eigenvalue weighted by Crippen LogP contribution is 2.40. The van der Waals surface area contributed by atoms with E-state index < -0.39 is 0 Å². The summed E-state index contributed by atoms with van der Waals surface area (Å²) in [6, 6.07) is 56.3. The lowest BCUT2D eigenvalue weighted by Crippen LogP contribution is -2.00. The van der Waals surface area contributed by atoms with Crippen LogP contribution in [0.25, 0.3) is 89.1 Å². The van der Waals surface area contributed by atoms with Crippen LogP contribution in [0.15, 0.2) is 168 Å². The van der Waals surface area contributed by atoms with E-state index in [0.717, 1.165) is 60.5 Å². The van der Waals surface area contributed by atoms with Crippen LogP contribution in [0.2, 0.25) is 0 Å². The topological polar surface area (TPSA) is 51.8 Å². The van der Waals surface area contributed by atoms with Crippen LogP contribution in [0.4, 0.5) is 0 Å². The Morgan fingerprint density at radius 2 is 0.851 bits per heavy atom. The van der Waals surface area contributed by atoms with Gasteiger partial charge in [-0.2, -0.15) is 0 Å². The lowest BCUT2D eigenvalue weighted by Gasteiger charge is -2.10. The Morgan fingerprint density at radius 1 is 0.319 bits per heavy atom. The minimum absolute atomic E-state index is 0.610. The Morgan fingerprint density at radius 3 is 1.55 bits per heavy atom. The Kier molecular flexibility index (Phi) is 6.43. The number of furan rings is 1. The predicted octanol–water partition coefficient (Wildman–Crippen LogP) is 11.3. The zero-order valence-corrected chi connectivity index (χ0v) is 25.3. The Labute approximate surface area is 271 Å². The maximum Gasteiger partial charge on any atom is 0.164 e. The van der Waals surface area contributed by atoms with Crippen molar-refractivity contribution in [3.8, 4) is 56.4 Å². The monoisotopic (exact) mass is 601 g/mol. The molecular formula is C43H27N3O. The summed E-state index contributed by atoms with van der Waals surface area (Å²) in [4.78, 5) is 15.1.